The van der Waals surface area contributed by atoms with Crippen molar-refractivity contribution in [1.82, 2.24) is 5.01 Å². The second-order valence-corrected chi connectivity index (χ2v) is 3.90. The van der Waals surface area contributed by atoms with Crippen LogP contribution in [0.15, 0.2) is 23.5 Å². The zero-order chi connectivity index (χ0) is 13.0. The first-order chi connectivity index (χ1) is 7.95. The van der Waals surface area contributed by atoms with Gasteiger partial charge in [-0.25, -0.2) is 0 Å². The van der Waals surface area contributed by atoms with Crippen LogP contribution in [0.5, 0.6) is 11.5 Å². The van der Waals surface area contributed by atoms with Gasteiger partial charge in [-0.3, -0.25) is 9.80 Å². The highest BCUT2D eigenvalue weighted by Crippen LogP contribution is 2.25. The molecule has 0 spiro atoms. The van der Waals surface area contributed by atoms with E-state index in [1.807, 2.05) is 0 Å². The average molecular weight is 238 g/mol. The molecule has 0 aliphatic rings. The fraction of sp³-hybridized carbons (Fsp3) is 0.364. The van der Waals surface area contributed by atoms with Gasteiger partial charge in [0.2, 0.25) is 0 Å². The van der Waals surface area contributed by atoms with Gasteiger partial charge >= 0.3 is 0 Å². The number of phenolic OH excluding ortho intramolecular Hbond substituents is 2. The highest BCUT2D eigenvalue weighted by Gasteiger charge is 2.15. The van der Waals surface area contributed by atoms with Crippen molar-refractivity contribution in [2.24, 2.45) is 5.29 Å². The van der Waals surface area contributed by atoms with Crippen LogP contribution in [-0.2, 0) is 0 Å². The molecule has 0 aliphatic heterocycles. The maximum absolute atomic E-state index is 11.7. The number of hydrogen-bond donors (Lipinski definition) is 2. The van der Waals surface area contributed by atoms with Gasteiger partial charge < -0.3 is 10.2 Å². The summed E-state index contributed by atoms with van der Waals surface area (Å²) in [7, 11) is 0. The summed E-state index contributed by atoms with van der Waals surface area (Å²) in [6.45, 7) is 3.32. The first-order valence-corrected chi connectivity index (χ1v) is 5.10. The maximum Gasteiger partial charge on any atom is 0.184 e. The standard InChI is InChI=1S/C11H14N2O4/c1-7(2)13(12-17)6-11(16)8-3-4-9(14)10(15)5-8/h3-5,7,14-15H,6H2,1-2H3. The summed E-state index contributed by atoms with van der Waals surface area (Å²) in [4.78, 5) is 22.2. The molecule has 0 radical (unpaired) electrons. The lowest BCUT2D eigenvalue weighted by atomic mass is 10.1. The Morgan fingerprint density at radius 2 is 2.00 bits per heavy atom. The first kappa shape index (κ1) is 13.0. The van der Waals surface area contributed by atoms with E-state index in [4.69, 9.17) is 5.11 Å². The van der Waals surface area contributed by atoms with Gasteiger partial charge in [0.15, 0.2) is 17.3 Å². The molecule has 0 saturated heterocycles. The predicted octanol–water partition coefficient (Wildman–Crippen LogP) is 1.67. The number of carbonyl (C=O) groups is 1. The van der Waals surface area contributed by atoms with Gasteiger partial charge in [-0.2, -0.15) is 0 Å². The Labute approximate surface area is 98.4 Å². The normalized spacial score (nSPS) is 10.3. The van der Waals surface area contributed by atoms with Crippen molar-refractivity contribution < 1.29 is 15.0 Å². The van der Waals surface area contributed by atoms with Gasteiger partial charge in [0.1, 0.15) is 6.54 Å². The summed E-state index contributed by atoms with van der Waals surface area (Å²) >= 11 is 0. The summed E-state index contributed by atoms with van der Waals surface area (Å²) in [5, 5.41) is 22.2. The number of ketones is 1. The van der Waals surface area contributed by atoms with Crippen LogP contribution in [0.3, 0.4) is 0 Å². The van der Waals surface area contributed by atoms with Crippen LogP contribution in [0.25, 0.3) is 0 Å². The van der Waals surface area contributed by atoms with E-state index >= 15 is 0 Å². The van der Waals surface area contributed by atoms with Crippen molar-refractivity contribution in [3.05, 3.63) is 28.7 Å². The van der Waals surface area contributed by atoms with E-state index in [1.54, 1.807) is 13.8 Å². The minimum absolute atomic E-state index is 0.161. The van der Waals surface area contributed by atoms with E-state index in [0.717, 1.165) is 11.1 Å². The zero-order valence-corrected chi connectivity index (χ0v) is 9.62. The molecule has 0 heterocycles. The SMILES string of the molecule is CC(C)N(CC(=O)c1ccc(O)c(O)c1)N=O. The summed E-state index contributed by atoms with van der Waals surface area (Å²) in [5.74, 6) is -1.02. The third kappa shape index (κ3) is 3.17. The van der Waals surface area contributed by atoms with E-state index < -0.39 is 0 Å². The van der Waals surface area contributed by atoms with Crippen LogP contribution in [0, 0.1) is 4.91 Å². The molecule has 0 unspecified atom stereocenters. The Morgan fingerprint density at radius 1 is 1.35 bits per heavy atom. The van der Waals surface area contributed by atoms with E-state index in [1.165, 1.54) is 12.1 Å². The Morgan fingerprint density at radius 3 is 2.47 bits per heavy atom. The van der Waals surface area contributed by atoms with Crippen LogP contribution in [0.2, 0.25) is 0 Å². The molecule has 0 amide bonds. The van der Waals surface area contributed by atoms with Crippen LogP contribution in [0.1, 0.15) is 24.2 Å². The lowest BCUT2D eigenvalue weighted by Gasteiger charge is -2.18. The van der Waals surface area contributed by atoms with Crippen molar-refractivity contribution in [3.8, 4) is 11.5 Å². The number of rotatable bonds is 5. The van der Waals surface area contributed by atoms with E-state index in [-0.39, 0.29) is 35.4 Å². The molecule has 17 heavy (non-hydrogen) atoms. The van der Waals surface area contributed by atoms with E-state index in [0.29, 0.717) is 0 Å². The number of nitroso groups, excluding NO2 is 1. The summed E-state index contributed by atoms with van der Waals surface area (Å²) < 4.78 is 0. The third-order valence-corrected chi connectivity index (χ3v) is 2.30. The van der Waals surface area contributed by atoms with Crippen LogP contribution < -0.4 is 0 Å². The fourth-order valence-corrected chi connectivity index (χ4v) is 1.24. The monoisotopic (exact) mass is 238 g/mol. The van der Waals surface area contributed by atoms with Gasteiger partial charge in [0.05, 0.1) is 5.29 Å². The Balaban J connectivity index is 2.82. The van der Waals surface area contributed by atoms with Gasteiger partial charge in [-0.15, -0.1) is 4.91 Å². The Kier molecular flexibility index (Phi) is 4.03. The predicted molar refractivity (Wildman–Crippen MR) is 61.7 cm³/mol. The molecule has 0 bridgehead atoms. The summed E-state index contributed by atoms with van der Waals surface area (Å²) in [5.41, 5.74) is 0.217. The molecule has 0 atom stereocenters. The lowest BCUT2D eigenvalue weighted by Crippen LogP contribution is -2.30. The van der Waals surface area contributed by atoms with Gasteiger partial charge in [0, 0.05) is 11.6 Å². The highest BCUT2D eigenvalue weighted by molar-refractivity contribution is 5.98. The van der Waals surface area contributed by atoms with Crippen molar-refractivity contribution in [2.75, 3.05) is 6.54 Å². The number of hydrogen-bond acceptors (Lipinski definition) is 5. The molecule has 1 aromatic rings. The molecule has 6 heteroatoms. The molecular formula is C11H14N2O4. The van der Waals surface area contributed by atoms with Crippen molar-refractivity contribution >= 4 is 5.78 Å². The molecule has 0 aromatic heterocycles. The molecule has 1 aromatic carbocycles. The second-order valence-electron chi connectivity index (χ2n) is 3.90. The molecule has 1 rings (SSSR count). The quantitative estimate of drug-likeness (QED) is 0.352. The van der Waals surface area contributed by atoms with E-state index in [2.05, 4.69) is 5.29 Å². The molecular weight excluding hydrogens is 224 g/mol. The number of benzene rings is 1. The first-order valence-electron chi connectivity index (χ1n) is 5.10. The summed E-state index contributed by atoms with van der Waals surface area (Å²) in [6, 6.07) is 3.57. The van der Waals surface area contributed by atoms with Gasteiger partial charge in [-0.05, 0) is 32.0 Å². The molecule has 6 nitrogen and oxygen atoms in total. The fourth-order valence-electron chi connectivity index (χ4n) is 1.24. The van der Waals surface area contributed by atoms with Crippen molar-refractivity contribution in [1.29, 1.82) is 0 Å². The number of nitrogens with zero attached hydrogens (tertiary/aromatic N) is 2. The van der Waals surface area contributed by atoms with Crippen molar-refractivity contribution in [3.63, 3.8) is 0 Å². The van der Waals surface area contributed by atoms with Crippen molar-refractivity contribution in [2.45, 2.75) is 19.9 Å². The third-order valence-electron chi connectivity index (χ3n) is 2.30. The molecule has 0 aliphatic carbocycles. The zero-order valence-electron chi connectivity index (χ0n) is 9.62. The lowest BCUT2D eigenvalue weighted by molar-refractivity contribution is 0.0907. The van der Waals surface area contributed by atoms with Gasteiger partial charge in [-0.1, -0.05) is 0 Å². The number of phenols is 2. The van der Waals surface area contributed by atoms with Crippen LogP contribution >= 0.6 is 0 Å². The largest absolute Gasteiger partial charge is 0.504 e. The topological polar surface area (TPSA) is 90.2 Å². The second kappa shape index (κ2) is 5.29. The molecule has 0 fully saturated rings. The highest BCUT2D eigenvalue weighted by atomic mass is 16.3. The minimum Gasteiger partial charge on any atom is -0.504 e. The van der Waals surface area contributed by atoms with Crippen LogP contribution in [0.4, 0.5) is 0 Å². The Hall–Kier alpha value is -2.11. The Bertz CT molecular complexity index is 431. The number of carbonyl (C=O) groups excluding carboxylic acids is 1. The molecule has 2 N–H and O–H groups in total. The average Bonchev–Trinajstić information content (AvgIpc) is 2.28. The van der Waals surface area contributed by atoms with E-state index in [9.17, 15) is 14.8 Å². The van der Waals surface area contributed by atoms with Gasteiger partial charge in [0.25, 0.3) is 0 Å². The summed E-state index contributed by atoms with van der Waals surface area (Å²) in [6.07, 6.45) is 0. The molecule has 0 saturated carbocycles. The smallest absolute Gasteiger partial charge is 0.184 e. The number of aromatic hydroxyl groups is 2. The number of Topliss-reactive ketones (excluding diaryl/α,β-unsaturated/α-hetero) is 1. The minimum atomic E-state index is -0.369. The maximum atomic E-state index is 11.7. The molecule has 92 valence electrons. The van der Waals surface area contributed by atoms with Crippen LogP contribution in [-0.4, -0.2) is 33.6 Å².